The summed E-state index contributed by atoms with van der Waals surface area (Å²) in [6.07, 6.45) is 6.63. The molecule has 1 saturated heterocycles. The zero-order valence-electron chi connectivity index (χ0n) is 17.2. The first-order valence-electron chi connectivity index (χ1n) is 10.1. The van der Waals surface area contributed by atoms with Crippen LogP contribution in [0.5, 0.6) is 0 Å². The standard InChI is InChI=1S/C21H23N5O3S2/c1-3-17(27)25-6-8-26(9-7-25)20(29)15-10-16(13(2)11-22-15)30-18-12-23-21(31-18)24-19(28)14-4-5-14/h3,10-12,14H,1,4-9H2,2H3,(H,23,24,28). The predicted octanol–water partition coefficient (Wildman–Crippen LogP) is 2.82. The van der Waals surface area contributed by atoms with Crippen LogP contribution in [-0.4, -0.2) is 63.7 Å². The molecule has 2 aliphatic rings. The van der Waals surface area contributed by atoms with Gasteiger partial charge in [-0.05, 0) is 37.5 Å². The molecule has 1 N–H and O–H groups in total. The van der Waals surface area contributed by atoms with Gasteiger partial charge in [0.25, 0.3) is 5.91 Å². The minimum absolute atomic E-state index is 0.0359. The highest BCUT2D eigenvalue weighted by Gasteiger charge is 2.30. The third-order valence-corrected chi connectivity index (χ3v) is 7.37. The summed E-state index contributed by atoms with van der Waals surface area (Å²) in [7, 11) is 0. The van der Waals surface area contributed by atoms with Crippen LogP contribution in [0.4, 0.5) is 5.13 Å². The molecule has 2 aromatic rings. The van der Waals surface area contributed by atoms with Crippen LogP contribution < -0.4 is 5.32 Å². The molecule has 8 nitrogen and oxygen atoms in total. The van der Waals surface area contributed by atoms with E-state index in [9.17, 15) is 14.4 Å². The van der Waals surface area contributed by atoms with Crippen molar-refractivity contribution in [2.24, 2.45) is 5.92 Å². The molecular weight excluding hydrogens is 434 g/mol. The number of carbonyl (C=O) groups is 3. The fourth-order valence-electron chi connectivity index (χ4n) is 3.18. The number of nitrogens with one attached hydrogen (secondary N) is 1. The normalized spacial score (nSPS) is 16.2. The number of aromatic nitrogens is 2. The maximum atomic E-state index is 12.9. The van der Waals surface area contributed by atoms with E-state index in [-0.39, 0.29) is 23.6 Å². The topological polar surface area (TPSA) is 95.5 Å². The van der Waals surface area contributed by atoms with Gasteiger partial charge in [0.15, 0.2) is 5.13 Å². The molecule has 0 aromatic carbocycles. The fourth-order valence-corrected chi connectivity index (χ4v) is 5.11. The van der Waals surface area contributed by atoms with Crippen molar-refractivity contribution in [2.45, 2.75) is 28.9 Å². The van der Waals surface area contributed by atoms with Gasteiger partial charge in [0.1, 0.15) is 5.69 Å². The molecule has 0 spiro atoms. The fraction of sp³-hybridized carbons (Fsp3) is 0.381. The smallest absolute Gasteiger partial charge is 0.272 e. The van der Waals surface area contributed by atoms with E-state index >= 15 is 0 Å². The molecule has 10 heteroatoms. The molecule has 0 bridgehead atoms. The molecule has 1 aliphatic carbocycles. The minimum Gasteiger partial charge on any atom is -0.336 e. The quantitative estimate of drug-likeness (QED) is 0.670. The number of nitrogens with zero attached hydrogens (tertiary/aromatic N) is 4. The van der Waals surface area contributed by atoms with Gasteiger partial charge in [-0.25, -0.2) is 4.98 Å². The first-order chi connectivity index (χ1) is 14.9. The zero-order chi connectivity index (χ0) is 22.0. The lowest BCUT2D eigenvalue weighted by molar-refractivity contribution is -0.127. The van der Waals surface area contributed by atoms with E-state index in [1.165, 1.54) is 29.2 Å². The second kappa shape index (κ2) is 9.19. The van der Waals surface area contributed by atoms with Gasteiger partial charge in [0.2, 0.25) is 11.8 Å². The number of hydrogen-bond acceptors (Lipinski definition) is 7. The number of amides is 3. The predicted molar refractivity (Wildman–Crippen MR) is 119 cm³/mol. The summed E-state index contributed by atoms with van der Waals surface area (Å²) < 4.78 is 0.926. The molecule has 4 rings (SSSR count). The number of piperazine rings is 1. The third kappa shape index (κ3) is 5.13. The number of thiazole rings is 1. The van der Waals surface area contributed by atoms with Crippen molar-refractivity contribution in [2.75, 3.05) is 31.5 Å². The van der Waals surface area contributed by atoms with Gasteiger partial charge in [-0.15, -0.1) is 0 Å². The lowest BCUT2D eigenvalue weighted by Crippen LogP contribution is -2.50. The Morgan fingerprint density at radius 1 is 1.16 bits per heavy atom. The second-order valence-electron chi connectivity index (χ2n) is 7.51. The van der Waals surface area contributed by atoms with Crippen molar-refractivity contribution < 1.29 is 14.4 Å². The number of pyridine rings is 1. The van der Waals surface area contributed by atoms with E-state index in [0.717, 1.165) is 27.5 Å². The van der Waals surface area contributed by atoms with Gasteiger partial charge < -0.3 is 15.1 Å². The Hall–Kier alpha value is -2.72. The maximum Gasteiger partial charge on any atom is 0.272 e. The molecule has 162 valence electrons. The van der Waals surface area contributed by atoms with E-state index < -0.39 is 0 Å². The minimum atomic E-state index is -0.144. The molecule has 31 heavy (non-hydrogen) atoms. The molecule has 3 amide bonds. The van der Waals surface area contributed by atoms with Crippen LogP contribution in [0.15, 0.2) is 40.2 Å². The van der Waals surface area contributed by atoms with Gasteiger partial charge in [-0.2, -0.15) is 0 Å². The van der Waals surface area contributed by atoms with Crippen LogP contribution in [0.25, 0.3) is 0 Å². The van der Waals surface area contributed by atoms with E-state index in [2.05, 4.69) is 21.9 Å². The average Bonchev–Trinajstić information content (AvgIpc) is 3.55. The summed E-state index contributed by atoms with van der Waals surface area (Å²) in [5, 5.41) is 3.45. The van der Waals surface area contributed by atoms with Crippen molar-refractivity contribution >= 4 is 46.0 Å². The molecule has 2 aromatic heterocycles. The molecule has 0 unspecified atom stereocenters. The number of anilines is 1. The number of rotatable bonds is 6. The Labute approximate surface area is 188 Å². The van der Waals surface area contributed by atoms with Crippen molar-refractivity contribution in [3.8, 4) is 0 Å². The average molecular weight is 458 g/mol. The molecule has 0 radical (unpaired) electrons. The second-order valence-corrected chi connectivity index (χ2v) is 9.88. The Balaban J connectivity index is 1.41. The summed E-state index contributed by atoms with van der Waals surface area (Å²) in [6.45, 7) is 7.36. The third-order valence-electron chi connectivity index (χ3n) is 5.20. The van der Waals surface area contributed by atoms with Crippen LogP contribution in [0.2, 0.25) is 0 Å². The van der Waals surface area contributed by atoms with Crippen LogP contribution in [-0.2, 0) is 9.59 Å². The molecule has 0 atom stereocenters. The van der Waals surface area contributed by atoms with Crippen molar-refractivity contribution in [3.05, 3.63) is 42.4 Å². The van der Waals surface area contributed by atoms with E-state index in [4.69, 9.17) is 0 Å². The Bertz CT molecular complexity index is 1030. The Morgan fingerprint density at radius 3 is 2.55 bits per heavy atom. The zero-order valence-corrected chi connectivity index (χ0v) is 18.8. The van der Waals surface area contributed by atoms with Crippen LogP contribution in [0, 0.1) is 12.8 Å². The summed E-state index contributed by atoms with van der Waals surface area (Å²) in [5.74, 6) is -0.0905. The summed E-state index contributed by atoms with van der Waals surface area (Å²) >= 11 is 2.92. The summed E-state index contributed by atoms with van der Waals surface area (Å²) in [6, 6.07) is 1.80. The number of carbonyl (C=O) groups excluding carboxylic acids is 3. The van der Waals surface area contributed by atoms with Crippen LogP contribution in [0.3, 0.4) is 0 Å². The summed E-state index contributed by atoms with van der Waals surface area (Å²) in [5.41, 5.74) is 1.34. The van der Waals surface area contributed by atoms with Crippen molar-refractivity contribution in [1.29, 1.82) is 0 Å². The van der Waals surface area contributed by atoms with Crippen molar-refractivity contribution in [3.63, 3.8) is 0 Å². The summed E-state index contributed by atoms with van der Waals surface area (Å²) in [4.78, 5) is 49.5. The lowest BCUT2D eigenvalue weighted by atomic mass is 10.2. The molecule has 1 aliphatic heterocycles. The molecule has 3 heterocycles. The van der Waals surface area contributed by atoms with E-state index in [1.807, 2.05) is 6.92 Å². The Kier molecular flexibility index (Phi) is 6.38. The maximum absolute atomic E-state index is 12.9. The SMILES string of the molecule is C=CC(=O)N1CCN(C(=O)c2cc(Sc3cnc(NC(=O)C4CC4)s3)c(C)cn2)CC1. The van der Waals surface area contributed by atoms with Crippen molar-refractivity contribution in [1.82, 2.24) is 19.8 Å². The Morgan fingerprint density at radius 2 is 1.87 bits per heavy atom. The van der Waals surface area contributed by atoms with Gasteiger partial charge in [-0.3, -0.25) is 19.4 Å². The first kappa shape index (κ1) is 21.5. The highest BCUT2D eigenvalue weighted by atomic mass is 32.2. The lowest BCUT2D eigenvalue weighted by Gasteiger charge is -2.34. The van der Waals surface area contributed by atoms with Gasteiger partial charge in [-0.1, -0.05) is 29.7 Å². The molecule has 1 saturated carbocycles. The molecule has 2 fully saturated rings. The van der Waals surface area contributed by atoms with E-state index in [0.29, 0.717) is 37.0 Å². The van der Waals surface area contributed by atoms with Crippen LogP contribution in [0.1, 0.15) is 28.9 Å². The number of aryl methyl sites for hydroxylation is 1. The van der Waals surface area contributed by atoms with E-state index in [1.54, 1.807) is 28.3 Å². The highest BCUT2D eigenvalue weighted by molar-refractivity contribution is 8.01. The highest BCUT2D eigenvalue weighted by Crippen LogP contribution is 2.37. The first-order valence-corrected chi connectivity index (χ1v) is 11.7. The molecular formula is C21H23N5O3S2. The van der Waals surface area contributed by atoms with Gasteiger partial charge >= 0.3 is 0 Å². The monoisotopic (exact) mass is 457 g/mol. The van der Waals surface area contributed by atoms with Gasteiger partial charge in [0, 0.05) is 43.2 Å². The number of hydrogen-bond donors (Lipinski definition) is 1. The van der Waals surface area contributed by atoms with Gasteiger partial charge in [0.05, 0.1) is 10.4 Å². The largest absolute Gasteiger partial charge is 0.336 e. The van der Waals surface area contributed by atoms with Crippen LogP contribution >= 0.6 is 23.1 Å².